The van der Waals surface area contributed by atoms with Crippen LogP contribution in [0.15, 0.2) is 41.9 Å². The molecule has 21 heavy (non-hydrogen) atoms. The zero-order valence-corrected chi connectivity index (χ0v) is 12.2. The Morgan fingerprint density at radius 1 is 1.29 bits per heavy atom. The average molecular weight is 301 g/mol. The van der Waals surface area contributed by atoms with Gasteiger partial charge in [-0.25, -0.2) is 4.98 Å². The summed E-state index contributed by atoms with van der Waals surface area (Å²) >= 11 is 1.56. The van der Waals surface area contributed by atoms with Gasteiger partial charge in [0.25, 0.3) is 0 Å². The Bertz CT molecular complexity index is 628. The molecule has 2 amide bonds. The van der Waals surface area contributed by atoms with Crippen LogP contribution in [0.1, 0.15) is 16.6 Å². The zero-order chi connectivity index (χ0) is 14.7. The van der Waals surface area contributed by atoms with Gasteiger partial charge in [-0.15, -0.1) is 11.3 Å². The number of nitrogens with zero attached hydrogens (tertiary/aromatic N) is 2. The third-order valence-electron chi connectivity index (χ3n) is 3.41. The van der Waals surface area contributed by atoms with E-state index in [0.29, 0.717) is 13.0 Å². The topological polar surface area (TPSA) is 62.3 Å². The van der Waals surface area contributed by atoms with Gasteiger partial charge >= 0.3 is 0 Å². The fraction of sp³-hybridized carbons (Fsp3) is 0.267. The maximum absolute atomic E-state index is 12.5. The molecule has 2 heterocycles. The molecule has 0 bridgehead atoms. The second-order valence-corrected chi connectivity index (χ2v) is 5.83. The van der Waals surface area contributed by atoms with Crippen LogP contribution >= 0.6 is 11.3 Å². The standard InChI is InChI=1S/C15H15N3O2S/c19-12-10-18(8-6-13-16-7-9-21-13)15(20)14(17-12)11-4-2-1-3-5-11/h1-5,7,9,14H,6,8,10H2,(H,17,19). The summed E-state index contributed by atoms with van der Waals surface area (Å²) < 4.78 is 0. The minimum Gasteiger partial charge on any atom is -0.339 e. The van der Waals surface area contributed by atoms with Gasteiger partial charge in [0.15, 0.2) is 0 Å². The van der Waals surface area contributed by atoms with Crippen LogP contribution in [0.2, 0.25) is 0 Å². The molecule has 0 spiro atoms. The smallest absolute Gasteiger partial charge is 0.250 e. The minimum absolute atomic E-state index is 0.0580. The molecule has 1 N–H and O–H groups in total. The lowest BCUT2D eigenvalue weighted by Crippen LogP contribution is -2.53. The number of rotatable bonds is 4. The van der Waals surface area contributed by atoms with Crippen LogP contribution in [-0.4, -0.2) is 34.8 Å². The van der Waals surface area contributed by atoms with Crippen molar-refractivity contribution in [3.05, 3.63) is 52.5 Å². The number of aromatic nitrogens is 1. The minimum atomic E-state index is -0.580. The van der Waals surface area contributed by atoms with E-state index in [4.69, 9.17) is 0 Å². The second kappa shape index (κ2) is 6.05. The van der Waals surface area contributed by atoms with Gasteiger partial charge in [-0.1, -0.05) is 30.3 Å². The predicted molar refractivity (Wildman–Crippen MR) is 79.7 cm³/mol. The Kier molecular flexibility index (Phi) is 3.96. The van der Waals surface area contributed by atoms with E-state index < -0.39 is 6.04 Å². The summed E-state index contributed by atoms with van der Waals surface area (Å²) in [4.78, 5) is 30.2. The van der Waals surface area contributed by atoms with Gasteiger partial charge in [0.2, 0.25) is 11.8 Å². The number of carbonyl (C=O) groups excluding carboxylic acids is 2. The van der Waals surface area contributed by atoms with Gasteiger partial charge in [-0.3, -0.25) is 9.59 Å². The molecular weight excluding hydrogens is 286 g/mol. The van der Waals surface area contributed by atoms with E-state index in [9.17, 15) is 9.59 Å². The fourth-order valence-corrected chi connectivity index (χ4v) is 2.98. The van der Waals surface area contributed by atoms with Crippen LogP contribution in [0.4, 0.5) is 0 Å². The van der Waals surface area contributed by atoms with E-state index in [1.165, 1.54) is 0 Å². The number of hydrogen-bond acceptors (Lipinski definition) is 4. The number of carbonyl (C=O) groups is 2. The van der Waals surface area contributed by atoms with Crippen molar-refractivity contribution in [2.45, 2.75) is 12.5 Å². The highest BCUT2D eigenvalue weighted by Crippen LogP contribution is 2.19. The highest BCUT2D eigenvalue weighted by molar-refractivity contribution is 7.09. The molecule has 1 atom stereocenters. The Morgan fingerprint density at radius 2 is 2.10 bits per heavy atom. The lowest BCUT2D eigenvalue weighted by Gasteiger charge is -2.32. The monoisotopic (exact) mass is 301 g/mol. The number of thiazole rings is 1. The van der Waals surface area contributed by atoms with Gasteiger partial charge in [-0.2, -0.15) is 0 Å². The van der Waals surface area contributed by atoms with E-state index in [1.807, 2.05) is 35.7 Å². The maximum Gasteiger partial charge on any atom is 0.250 e. The third kappa shape index (κ3) is 3.11. The second-order valence-electron chi connectivity index (χ2n) is 4.85. The first kappa shape index (κ1) is 13.8. The highest BCUT2D eigenvalue weighted by Gasteiger charge is 2.33. The van der Waals surface area contributed by atoms with Gasteiger partial charge < -0.3 is 10.2 Å². The Balaban J connectivity index is 1.72. The quantitative estimate of drug-likeness (QED) is 0.928. The van der Waals surface area contributed by atoms with E-state index in [0.717, 1.165) is 10.6 Å². The SMILES string of the molecule is O=C1CN(CCc2nccs2)C(=O)C(c2ccccc2)N1. The summed E-state index contributed by atoms with van der Waals surface area (Å²) in [6, 6.07) is 8.75. The number of benzene rings is 1. The molecule has 0 saturated carbocycles. The molecule has 1 aliphatic rings. The first-order valence-electron chi connectivity index (χ1n) is 6.75. The lowest BCUT2D eigenvalue weighted by atomic mass is 10.0. The largest absolute Gasteiger partial charge is 0.339 e. The third-order valence-corrected chi connectivity index (χ3v) is 4.25. The fourth-order valence-electron chi connectivity index (χ4n) is 2.37. The van der Waals surface area contributed by atoms with Crippen molar-refractivity contribution in [1.82, 2.24) is 15.2 Å². The zero-order valence-electron chi connectivity index (χ0n) is 11.4. The summed E-state index contributed by atoms with van der Waals surface area (Å²) in [5.41, 5.74) is 0.815. The number of piperazine rings is 1. The molecule has 1 aromatic heterocycles. The summed E-state index contributed by atoms with van der Waals surface area (Å²) in [6.07, 6.45) is 2.43. The normalized spacial score (nSPS) is 18.7. The molecule has 0 radical (unpaired) electrons. The van der Waals surface area contributed by atoms with Gasteiger partial charge in [0.05, 0.1) is 11.6 Å². The molecule has 1 aromatic carbocycles. The number of amides is 2. The Morgan fingerprint density at radius 3 is 2.81 bits per heavy atom. The molecular formula is C15H15N3O2S. The van der Waals surface area contributed by atoms with Crippen LogP contribution in [-0.2, 0) is 16.0 Å². The molecule has 108 valence electrons. The van der Waals surface area contributed by atoms with Gasteiger partial charge in [0.1, 0.15) is 6.04 Å². The van der Waals surface area contributed by atoms with Crippen LogP contribution in [0, 0.1) is 0 Å². The maximum atomic E-state index is 12.5. The molecule has 0 aliphatic carbocycles. The molecule has 2 aromatic rings. The summed E-state index contributed by atoms with van der Waals surface area (Å²) in [5, 5.41) is 5.65. The Hall–Kier alpha value is -2.21. The lowest BCUT2D eigenvalue weighted by molar-refractivity contribution is -0.144. The highest BCUT2D eigenvalue weighted by atomic mass is 32.1. The number of hydrogen-bond donors (Lipinski definition) is 1. The van der Waals surface area contributed by atoms with Crippen molar-refractivity contribution in [3.63, 3.8) is 0 Å². The molecule has 6 heteroatoms. The molecule has 1 saturated heterocycles. The van der Waals surface area contributed by atoms with Crippen LogP contribution < -0.4 is 5.32 Å². The van der Waals surface area contributed by atoms with Crippen LogP contribution in [0.5, 0.6) is 0 Å². The first-order chi connectivity index (χ1) is 10.2. The average Bonchev–Trinajstić information content (AvgIpc) is 3.02. The summed E-state index contributed by atoms with van der Waals surface area (Å²) in [5.74, 6) is -0.181. The number of nitrogens with one attached hydrogen (secondary N) is 1. The van der Waals surface area contributed by atoms with Crippen LogP contribution in [0.3, 0.4) is 0 Å². The molecule has 1 fully saturated rings. The Labute approximate surface area is 126 Å². The van der Waals surface area contributed by atoms with Crippen molar-refractivity contribution in [3.8, 4) is 0 Å². The van der Waals surface area contributed by atoms with E-state index in [2.05, 4.69) is 10.3 Å². The van der Waals surface area contributed by atoms with Crippen molar-refractivity contribution in [2.24, 2.45) is 0 Å². The van der Waals surface area contributed by atoms with E-state index >= 15 is 0 Å². The molecule has 1 unspecified atom stereocenters. The molecule has 3 rings (SSSR count). The van der Waals surface area contributed by atoms with E-state index in [1.54, 1.807) is 22.4 Å². The van der Waals surface area contributed by atoms with Crippen molar-refractivity contribution in [2.75, 3.05) is 13.1 Å². The first-order valence-corrected chi connectivity index (χ1v) is 7.63. The summed E-state index contributed by atoms with van der Waals surface area (Å²) in [7, 11) is 0. The van der Waals surface area contributed by atoms with Crippen molar-refractivity contribution >= 4 is 23.2 Å². The van der Waals surface area contributed by atoms with Crippen molar-refractivity contribution < 1.29 is 9.59 Å². The van der Waals surface area contributed by atoms with Crippen molar-refractivity contribution in [1.29, 1.82) is 0 Å². The molecule has 1 aliphatic heterocycles. The predicted octanol–water partition coefficient (Wildman–Crippen LogP) is 1.39. The summed E-state index contributed by atoms with van der Waals surface area (Å²) in [6.45, 7) is 0.636. The molecule has 5 nitrogen and oxygen atoms in total. The van der Waals surface area contributed by atoms with Gasteiger partial charge in [0, 0.05) is 24.5 Å². The van der Waals surface area contributed by atoms with Gasteiger partial charge in [-0.05, 0) is 5.56 Å². The van der Waals surface area contributed by atoms with E-state index in [-0.39, 0.29) is 18.4 Å². The van der Waals surface area contributed by atoms with Crippen LogP contribution in [0.25, 0.3) is 0 Å².